The Bertz CT molecular complexity index is 223. The molecular weight excluding hydrogens is 172 g/mol. The molecule has 1 aliphatic rings. The molecular formula is C8H15N2OS. The Kier molecular flexibility index (Phi) is 2.27. The van der Waals surface area contributed by atoms with E-state index in [1.54, 1.807) is 11.8 Å². The molecule has 3 nitrogen and oxygen atoms in total. The first-order chi connectivity index (χ1) is 5.32. The number of hydrogen-bond donors (Lipinski definition) is 0. The van der Waals surface area contributed by atoms with E-state index in [-0.39, 0.29) is 0 Å². The van der Waals surface area contributed by atoms with E-state index in [1.807, 2.05) is 34.0 Å². The topological polar surface area (TPSA) is 35.5 Å². The molecule has 0 bridgehead atoms. The van der Waals surface area contributed by atoms with Gasteiger partial charge in [-0.2, -0.15) is 0 Å². The second kappa shape index (κ2) is 2.72. The molecule has 0 N–H and O–H groups in total. The molecule has 0 aliphatic carbocycles. The van der Waals surface area contributed by atoms with Gasteiger partial charge in [0.2, 0.25) is 0 Å². The third-order valence-corrected chi connectivity index (χ3v) is 3.07. The Morgan fingerprint density at radius 2 is 1.83 bits per heavy atom. The summed E-state index contributed by atoms with van der Waals surface area (Å²) in [6.45, 7) is 7.49. The number of thioether (sulfide) groups is 1. The normalized spacial score (nSPS) is 27.3. The molecule has 1 aliphatic heterocycles. The van der Waals surface area contributed by atoms with Crippen LogP contribution in [0.15, 0.2) is 4.99 Å². The Morgan fingerprint density at radius 3 is 2.00 bits per heavy atom. The van der Waals surface area contributed by atoms with Crippen LogP contribution in [0.3, 0.4) is 0 Å². The fraction of sp³-hybridized carbons (Fsp3) is 0.875. The first-order valence-corrected chi connectivity index (χ1v) is 5.16. The van der Waals surface area contributed by atoms with E-state index >= 15 is 0 Å². The number of nitrogens with zero attached hydrogens (tertiary/aromatic N) is 2. The van der Waals surface area contributed by atoms with Gasteiger partial charge in [0.05, 0.1) is 10.6 Å². The van der Waals surface area contributed by atoms with E-state index in [0.717, 1.165) is 10.1 Å². The highest BCUT2D eigenvalue weighted by molar-refractivity contribution is 8.13. The molecule has 0 unspecified atom stereocenters. The summed E-state index contributed by atoms with van der Waals surface area (Å²) in [7, 11) is 0. The van der Waals surface area contributed by atoms with Gasteiger partial charge in [-0.25, -0.2) is 0 Å². The first-order valence-electron chi connectivity index (χ1n) is 3.94. The molecule has 69 valence electrons. The molecule has 0 amide bonds. The summed E-state index contributed by atoms with van der Waals surface area (Å²) in [5.74, 6) is 0. The fourth-order valence-electron chi connectivity index (χ4n) is 1.50. The summed E-state index contributed by atoms with van der Waals surface area (Å²) >= 11 is 1.55. The first kappa shape index (κ1) is 10.0. The molecule has 0 spiro atoms. The zero-order valence-electron chi connectivity index (χ0n) is 8.21. The molecule has 0 aromatic heterocycles. The Labute approximate surface area is 77.8 Å². The maximum absolute atomic E-state index is 11.7. The number of aliphatic imine (C=N–C) groups is 1. The van der Waals surface area contributed by atoms with Crippen molar-refractivity contribution in [2.45, 2.75) is 38.9 Å². The number of hydrogen-bond acceptors (Lipinski definition) is 3. The minimum Gasteiger partial charge on any atom is -0.257 e. The Hall–Kier alpha value is -0.0600. The van der Waals surface area contributed by atoms with Crippen molar-refractivity contribution in [3.63, 3.8) is 0 Å². The predicted octanol–water partition coefficient (Wildman–Crippen LogP) is 1.92. The summed E-state index contributed by atoms with van der Waals surface area (Å²) in [5.41, 5.74) is -1.05. The van der Waals surface area contributed by atoms with Crippen molar-refractivity contribution >= 4 is 16.8 Å². The summed E-state index contributed by atoms with van der Waals surface area (Å²) in [6, 6.07) is 0. The second-order valence-electron chi connectivity index (χ2n) is 3.97. The van der Waals surface area contributed by atoms with E-state index in [2.05, 4.69) is 4.99 Å². The molecule has 0 atom stereocenters. The fourth-order valence-corrected chi connectivity index (χ4v) is 2.39. The Balaban J connectivity index is 3.03. The highest BCUT2D eigenvalue weighted by atomic mass is 32.2. The largest absolute Gasteiger partial charge is 0.257 e. The van der Waals surface area contributed by atoms with E-state index in [9.17, 15) is 5.21 Å². The van der Waals surface area contributed by atoms with E-state index < -0.39 is 11.2 Å². The van der Waals surface area contributed by atoms with Gasteiger partial charge in [-0.05, 0) is 34.0 Å². The van der Waals surface area contributed by atoms with Crippen LogP contribution in [0.1, 0.15) is 27.7 Å². The average Bonchev–Trinajstić information content (AvgIpc) is 2.11. The molecule has 0 saturated heterocycles. The summed E-state index contributed by atoms with van der Waals surface area (Å²) in [4.78, 5) is 4.37. The van der Waals surface area contributed by atoms with Gasteiger partial charge in [-0.3, -0.25) is 4.99 Å². The van der Waals surface area contributed by atoms with Gasteiger partial charge >= 0.3 is 0 Å². The lowest BCUT2D eigenvalue weighted by atomic mass is 10.1. The lowest BCUT2D eigenvalue weighted by molar-refractivity contribution is -0.240. The molecule has 4 heteroatoms. The van der Waals surface area contributed by atoms with Crippen molar-refractivity contribution in [1.29, 1.82) is 0 Å². The summed E-state index contributed by atoms with van der Waals surface area (Å²) < 4.78 is 0. The standard InChI is InChI=1S/C8H15N2OS/c1-7(2)6(12-5)9-8(3,4)10(7)11/h1-5H3. The van der Waals surface area contributed by atoms with Gasteiger partial charge in [0.1, 0.15) is 5.66 Å². The van der Waals surface area contributed by atoms with Crippen molar-refractivity contribution in [2.75, 3.05) is 6.26 Å². The molecule has 1 radical (unpaired) electrons. The van der Waals surface area contributed by atoms with E-state index in [1.165, 1.54) is 0 Å². The van der Waals surface area contributed by atoms with Gasteiger partial charge in [0.15, 0.2) is 0 Å². The SMILES string of the molecule is CSC1=NC(C)(C)N([O])C1(C)C. The highest BCUT2D eigenvalue weighted by Gasteiger charge is 2.47. The molecule has 1 heterocycles. The van der Waals surface area contributed by atoms with Crippen LogP contribution in [-0.4, -0.2) is 27.6 Å². The van der Waals surface area contributed by atoms with Crippen LogP contribution in [-0.2, 0) is 5.21 Å². The van der Waals surface area contributed by atoms with Gasteiger partial charge in [0.25, 0.3) is 0 Å². The zero-order chi connectivity index (χ0) is 9.57. The molecule has 0 saturated carbocycles. The van der Waals surface area contributed by atoms with E-state index in [4.69, 9.17) is 0 Å². The van der Waals surface area contributed by atoms with E-state index in [0.29, 0.717) is 0 Å². The number of rotatable bonds is 0. The lowest BCUT2D eigenvalue weighted by Gasteiger charge is -2.30. The molecule has 12 heavy (non-hydrogen) atoms. The van der Waals surface area contributed by atoms with Crippen molar-refractivity contribution in [3.05, 3.63) is 0 Å². The monoisotopic (exact) mass is 187 g/mol. The van der Waals surface area contributed by atoms with Gasteiger partial charge < -0.3 is 0 Å². The minimum atomic E-state index is -0.595. The van der Waals surface area contributed by atoms with Gasteiger partial charge in [0, 0.05) is 0 Å². The van der Waals surface area contributed by atoms with Crippen LogP contribution in [0.2, 0.25) is 0 Å². The smallest absolute Gasteiger partial charge is 0.135 e. The molecule has 0 fully saturated rings. The third kappa shape index (κ3) is 1.28. The maximum atomic E-state index is 11.7. The quantitative estimate of drug-likeness (QED) is 0.581. The maximum Gasteiger partial charge on any atom is 0.135 e. The minimum absolute atomic E-state index is 0.455. The molecule has 1 rings (SSSR count). The van der Waals surface area contributed by atoms with Crippen LogP contribution < -0.4 is 0 Å². The van der Waals surface area contributed by atoms with Gasteiger partial charge in [-0.1, -0.05) is 0 Å². The summed E-state index contributed by atoms with van der Waals surface area (Å²) in [5, 5.41) is 13.7. The molecule has 0 aromatic carbocycles. The van der Waals surface area contributed by atoms with Crippen molar-refractivity contribution in [1.82, 2.24) is 5.06 Å². The highest BCUT2D eigenvalue weighted by Crippen LogP contribution is 2.36. The van der Waals surface area contributed by atoms with Gasteiger partial charge in [-0.15, -0.1) is 22.0 Å². The van der Waals surface area contributed by atoms with Crippen molar-refractivity contribution in [2.24, 2.45) is 4.99 Å². The summed E-state index contributed by atoms with van der Waals surface area (Å²) in [6.07, 6.45) is 1.95. The van der Waals surface area contributed by atoms with Crippen LogP contribution in [0.25, 0.3) is 0 Å². The van der Waals surface area contributed by atoms with Crippen molar-refractivity contribution in [3.8, 4) is 0 Å². The van der Waals surface area contributed by atoms with Crippen LogP contribution in [0.4, 0.5) is 0 Å². The van der Waals surface area contributed by atoms with Crippen LogP contribution in [0.5, 0.6) is 0 Å². The average molecular weight is 187 g/mol. The second-order valence-corrected chi connectivity index (χ2v) is 4.76. The predicted molar refractivity (Wildman–Crippen MR) is 51.6 cm³/mol. The third-order valence-electron chi connectivity index (χ3n) is 2.10. The Morgan fingerprint density at radius 1 is 1.33 bits per heavy atom. The zero-order valence-corrected chi connectivity index (χ0v) is 9.03. The van der Waals surface area contributed by atoms with Crippen LogP contribution >= 0.6 is 11.8 Å². The van der Waals surface area contributed by atoms with Crippen molar-refractivity contribution < 1.29 is 5.21 Å². The number of hydroxylamine groups is 2. The van der Waals surface area contributed by atoms with Crippen LogP contribution in [0, 0.1) is 0 Å². The lowest BCUT2D eigenvalue weighted by Crippen LogP contribution is -2.48. The molecule has 0 aromatic rings.